The second-order valence-electron chi connectivity index (χ2n) is 6.01. The number of carbonyl (C=O) groups excluding carboxylic acids is 2. The molecular formula is C18H24N2O4. The van der Waals surface area contributed by atoms with Gasteiger partial charge in [0.15, 0.2) is 18.1 Å². The molecule has 0 radical (unpaired) electrons. The van der Waals surface area contributed by atoms with E-state index in [1.807, 2.05) is 4.90 Å². The summed E-state index contributed by atoms with van der Waals surface area (Å²) >= 11 is 0. The van der Waals surface area contributed by atoms with Crippen LogP contribution in [0.2, 0.25) is 0 Å². The Bertz CT molecular complexity index is 619. The number of piperidine rings is 1. The minimum absolute atomic E-state index is 0.0231. The fourth-order valence-corrected chi connectivity index (χ4v) is 2.56. The summed E-state index contributed by atoms with van der Waals surface area (Å²) in [6.45, 7) is 3.63. The standard InChI is InChI=1S/C18H24N2O4/c1-13-7-9-20(10-8-13)18(22)6-4-14-3-5-15(16(11-14)23-2)24-12-17(19)21/h3-6,11,13H,7-10,12H2,1-2H3,(H2,19,21)/b6-4+. The molecule has 0 saturated carbocycles. The summed E-state index contributed by atoms with van der Waals surface area (Å²) in [7, 11) is 1.51. The SMILES string of the molecule is COc1cc(/C=C/C(=O)N2CCC(C)CC2)ccc1OCC(N)=O. The number of carbonyl (C=O) groups is 2. The van der Waals surface area contributed by atoms with Gasteiger partial charge in [0, 0.05) is 19.2 Å². The lowest BCUT2D eigenvalue weighted by Gasteiger charge is -2.29. The van der Waals surface area contributed by atoms with Crippen molar-refractivity contribution in [3.8, 4) is 11.5 Å². The summed E-state index contributed by atoms with van der Waals surface area (Å²) in [4.78, 5) is 24.9. The number of primary amides is 1. The van der Waals surface area contributed by atoms with Gasteiger partial charge in [-0.3, -0.25) is 9.59 Å². The molecule has 0 unspecified atom stereocenters. The van der Waals surface area contributed by atoms with Crippen molar-refractivity contribution >= 4 is 17.9 Å². The highest BCUT2D eigenvalue weighted by Gasteiger charge is 2.18. The Morgan fingerprint density at radius 3 is 2.62 bits per heavy atom. The molecule has 1 saturated heterocycles. The van der Waals surface area contributed by atoms with Gasteiger partial charge in [-0.05, 0) is 42.5 Å². The Morgan fingerprint density at radius 2 is 2.00 bits per heavy atom. The normalized spacial score (nSPS) is 15.5. The maximum absolute atomic E-state index is 12.2. The lowest BCUT2D eigenvalue weighted by Crippen LogP contribution is -2.36. The summed E-state index contributed by atoms with van der Waals surface area (Å²) < 4.78 is 10.5. The molecule has 0 aliphatic carbocycles. The van der Waals surface area contributed by atoms with E-state index < -0.39 is 5.91 Å². The number of nitrogens with two attached hydrogens (primary N) is 1. The Kier molecular flexibility index (Phi) is 6.23. The summed E-state index contributed by atoms with van der Waals surface area (Å²) in [5, 5.41) is 0. The van der Waals surface area contributed by atoms with Crippen molar-refractivity contribution in [3.05, 3.63) is 29.8 Å². The molecule has 2 amide bonds. The number of benzene rings is 1. The van der Waals surface area contributed by atoms with E-state index in [0.29, 0.717) is 17.4 Å². The van der Waals surface area contributed by atoms with Crippen molar-refractivity contribution in [3.63, 3.8) is 0 Å². The van der Waals surface area contributed by atoms with Crippen LogP contribution >= 0.6 is 0 Å². The quantitative estimate of drug-likeness (QED) is 0.806. The highest BCUT2D eigenvalue weighted by atomic mass is 16.5. The van der Waals surface area contributed by atoms with E-state index in [-0.39, 0.29) is 12.5 Å². The van der Waals surface area contributed by atoms with Gasteiger partial charge in [0.2, 0.25) is 5.91 Å². The zero-order valence-corrected chi connectivity index (χ0v) is 14.2. The zero-order chi connectivity index (χ0) is 17.5. The first-order valence-electron chi connectivity index (χ1n) is 8.05. The molecule has 0 atom stereocenters. The van der Waals surface area contributed by atoms with Crippen molar-refractivity contribution in [2.24, 2.45) is 11.7 Å². The number of amides is 2. The maximum Gasteiger partial charge on any atom is 0.255 e. The lowest BCUT2D eigenvalue weighted by atomic mass is 9.99. The van der Waals surface area contributed by atoms with E-state index in [2.05, 4.69) is 6.92 Å². The van der Waals surface area contributed by atoms with Gasteiger partial charge in [-0.25, -0.2) is 0 Å². The van der Waals surface area contributed by atoms with Crippen LogP contribution in [-0.2, 0) is 9.59 Å². The van der Waals surface area contributed by atoms with Crippen LogP contribution < -0.4 is 15.2 Å². The van der Waals surface area contributed by atoms with Gasteiger partial charge >= 0.3 is 0 Å². The first-order valence-corrected chi connectivity index (χ1v) is 8.05. The van der Waals surface area contributed by atoms with Crippen LogP contribution in [0.25, 0.3) is 6.08 Å². The van der Waals surface area contributed by atoms with Crippen LogP contribution in [0.15, 0.2) is 24.3 Å². The zero-order valence-electron chi connectivity index (χ0n) is 14.2. The van der Waals surface area contributed by atoms with E-state index in [0.717, 1.165) is 31.5 Å². The van der Waals surface area contributed by atoms with Crippen molar-refractivity contribution in [2.75, 3.05) is 26.8 Å². The molecule has 6 heteroatoms. The van der Waals surface area contributed by atoms with E-state index >= 15 is 0 Å². The molecule has 1 aromatic carbocycles. The highest BCUT2D eigenvalue weighted by Crippen LogP contribution is 2.28. The van der Waals surface area contributed by atoms with Crippen LogP contribution in [0, 0.1) is 5.92 Å². The van der Waals surface area contributed by atoms with Crippen LogP contribution in [0.4, 0.5) is 0 Å². The third-order valence-electron chi connectivity index (χ3n) is 4.07. The van der Waals surface area contributed by atoms with Gasteiger partial charge in [0.1, 0.15) is 0 Å². The van der Waals surface area contributed by atoms with Gasteiger partial charge in [-0.1, -0.05) is 13.0 Å². The van der Waals surface area contributed by atoms with Crippen LogP contribution in [0.3, 0.4) is 0 Å². The molecule has 0 bridgehead atoms. The Hall–Kier alpha value is -2.50. The van der Waals surface area contributed by atoms with Gasteiger partial charge < -0.3 is 20.1 Å². The minimum atomic E-state index is -0.553. The van der Waals surface area contributed by atoms with E-state index in [1.165, 1.54) is 7.11 Å². The first kappa shape index (κ1) is 17.8. The average Bonchev–Trinajstić information content (AvgIpc) is 2.58. The van der Waals surface area contributed by atoms with Crippen LogP contribution in [0.1, 0.15) is 25.3 Å². The largest absolute Gasteiger partial charge is 0.493 e. The number of rotatable bonds is 6. The van der Waals surface area contributed by atoms with E-state index in [9.17, 15) is 9.59 Å². The molecule has 130 valence electrons. The second-order valence-corrected chi connectivity index (χ2v) is 6.01. The van der Waals surface area contributed by atoms with Crippen molar-refractivity contribution in [2.45, 2.75) is 19.8 Å². The van der Waals surface area contributed by atoms with E-state index in [1.54, 1.807) is 30.4 Å². The smallest absolute Gasteiger partial charge is 0.255 e. The molecular weight excluding hydrogens is 308 g/mol. The van der Waals surface area contributed by atoms with Crippen LogP contribution in [-0.4, -0.2) is 43.5 Å². The molecule has 1 heterocycles. The summed E-state index contributed by atoms with van der Waals surface area (Å²) in [5.41, 5.74) is 5.88. The summed E-state index contributed by atoms with van der Waals surface area (Å²) in [6.07, 6.45) is 5.44. The topological polar surface area (TPSA) is 81.9 Å². The molecule has 1 fully saturated rings. The molecule has 1 aliphatic rings. The number of likely N-dealkylation sites (tertiary alicyclic amines) is 1. The Labute approximate surface area is 142 Å². The van der Waals surface area contributed by atoms with Crippen molar-refractivity contribution in [1.29, 1.82) is 0 Å². The number of hydrogen-bond acceptors (Lipinski definition) is 4. The molecule has 1 aliphatic heterocycles. The predicted octanol–water partition coefficient (Wildman–Crippen LogP) is 1.83. The van der Waals surface area contributed by atoms with Crippen molar-refractivity contribution < 1.29 is 19.1 Å². The fourth-order valence-electron chi connectivity index (χ4n) is 2.56. The van der Waals surface area contributed by atoms with Gasteiger partial charge in [-0.15, -0.1) is 0 Å². The molecule has 6 nitrogen and oxygen atoms in total. The number of methoxy groups -OCH3 is 1. The third kappa shape index (κ3) is 5.01. The van der Waals surface area contributed by atoms with Gasteiger partial charge in [0.25, 0.3) is 5.91 Å². The number of nitrogens with zero attached hydrogens (tertiary/aromatic N) is 1. The highest BCUT2D eigenvalue weighted by molar-refractivity contribution is 5.92. The second kappa shape index (κ2) is 8.38. The number of hydrogen-bond donors (Lipinski definition) is 1. The van der Waals surface area contributed by atoms with Gasteiger partial charge in [-0.2, -0.15) is 0 Å². The van der Waals surface area contributed by atoms with Crippen molar-refractivity contribution in [1.82, 2.24) is 4.90 Å². The fraction of sp³-hybridized carbons (Fsp3) is 0.444. The third-order valence-corrected chi connectivity index (χ3v) is 4.07. The molecule has 24 heavy (non-hydrogen) atoms. The van der Waals surface area contributed by atoms with Crippen LogP contribution in [0.5, 0.6) is 11.5 Å². The molecule has 2 rings (SSSR count). The average molecular weight is 332 g/mol. The Morgan fingerprint density at radius 1 is 1.29 bits per heavy atom. The van der Waals surface area contributed by atoms with E-state index in [4.69, 9.17) is 15.2 Å². The predicted molar refractivity (Wildman–Crippen MR) is 91.7 cm³/mol. The minimum Gasteiger partial charge on any atom is -0.493 e. The number of ether oxygens (including phenoxy) is 2. The molecule has 0 aromatic heterocycles. The first-order chi connectivity index (χ1) is 11.5. The summed E-state index contributed by atoms with van der Waals surface area (Å²) in [5.74, 6) is 1.08. The molecule has 2 N–H and O–H groups in total. The monoisotopic (exact) mass is 332 g/mol. The Balaban J connectivity index is 2.01. The maximum atomic E-state index is 12.2. The molecule has 1 aromatic rings. The summed E-state index contributed by atoms with van der Waals surface area (Å²) in [6, 6.07) is 5.23. The van der Waals surface area contributed by atoms with Gasteiger partial charge in [0.05, 0.1) is 7.11 Å². The molecule has 0 spiro atoms. The lowest BCUT2D eigenvalue weighted by molar-refractivity contribution is -0.127.